The van der Waals surface area contributed by atoms with Crippen LogP contribution in [0.25, 0.3) is 10.9 Å². The molecule has 0 amide bonds. The molecule has 0 atom stereocenters. The van der Waals surface area contributed by atoms with E-state index in [9.17, 15) is 0 Å². The average Bonchev–Trinajstić information content (AvgIpc) is 3.05. The monoisotopic (exact) mass is 353 g/mol. The van der Waals surface area contributed by atoms with Crippen molar-refractivity contribution < 1.29 is 0 Å². The Bertz CT molecular complexity index is 850. The largest absolute Gasteiger partial charge is 0.356 e. The first kappa shape index (κ1) is 17.4. The summed E-state index contributed by atoms with van der Waals surface area (Å²) >= 11 is 1.69. The van der Waals surface area contributed by atoms with Gasteiger partial charge in [0.15, 0.2) is 5.96 Å². The van der Waals surface area contributed by atoms with E-state index in [1.54, 1.807) is 18.4 Å². The molecule has 2 N–H and O–H groups in total. The van der Waals surface area contributed by atoms with E-state index < -0.39 is 0 Å². The number of rotatable bonds is 6. The number of aromatic nitrogens is 2. The van der Waals surface area contributed by atoms with Gasteiger partial charge in [0.05, 0.1) is 16.2 Å². The van der Waals surface area contributed by atoms with Crippen LogP contribution in [0.1, 0.15) is 16.3 Å². The van der Waals surface area contributed by atoms with Crippen LogP contribution in [0.2, 0.25) is 0 Å². The van der Waals surface area contributed by atoms with Gasteiger partial charge in [0, 0.05) is 43.5 Å². The van der Waals surface area contributed by atoms with Crippen molar-refractivity contribution in [1.29, 1.82) is 0 Å². The van der Waals surface area contributed by atoms with E-state index in [2.05, 4.69) is 55.2 Å². The molecule has 0 aliphatic carbocycles. The second-order valence-electron chi connectivity index (χ2n) is 5.78. The molecule has 130 valence electrons. The predicted octanol–water partition coefficient (Wildman–Crippen LogP) is 2.95. The number of para-hydroxylation sites is 1. The SMILES string of the molecule is CN=C(NCCc1csc(C)n1)NCCc1cccc2cccnc12. The molecule has 3 rings (SSSR count). The Balaban J connectivity index is 1.48. The Morgan fingerprint density at radius 2 is 1.92 bits per heavy atom. The molecule has 0 aliphatic rings. The molecule has 0 saturated heterocycles. The number of benzene rings is 1. The fraction of sp³-hybridized carbons (Fsp3) is 0.316. The third kappa shape index (κ3) is 4.76. The average molecular weight is 353 g/mol. The van der Waals surface area contributed by atoms with E-state index in [1.165, 1.54) is 10.9 Å². The minimum Gasteiger partial charge on any atom is -0.356 e. The molecule has 1 aromatic carbocycles. The Morgan fingerprint density at radius 1 is 1.12 bits per heavy atom. The fourth-order valence-corrected chi connectivity index (χ4v) is 3.38. The molecule has 5 nitrogen and oxygen atoms in total. The number of guanidine groups is 1. The summed E-state index contributed by atoms with van der Waals surface area (Å²) in [5.74, 6) is 0.820. The van der Waals surface area contributed by atoms with Gasteiger partial charge >= 0.3 is 0 Å². The predicted molar refractivity (Wildman–Crippen MR) is 105 cm³/mol. The lowest BCUT2D eigenvalue weighted by molar-refractivity contribution is 0.778. The van der Waals surface area contributed by atoms with Crippen molar-refractivity contribution in [2.24, 2.45) is 4.99 Å². The number of hydrogen-bond donors (Lipinski definition) is 2. The molecular formula is C19H23N5S. The summed E-state index contributed by atoms with van der Waals surface area (Å²) in [5, 5.41) is 11.1. The molecular weight excluding hydrogens is 330 g/mol. The molecule has 2 aromatic heterocycles. The van der Waals surface area contributed by atoms with Gasteiger partial charge in [-0.2, -0.15) is 0 Å². The number of fused-ring (bicyclic) bond motifs is 1. The molecule has 0 bridgehead atoms. The van der Waals surface area contributed by atoms with Gasteiger partial charge in [-0.3, -0.25) is 9.98 Å². The van der Waals surface area contributed by atoms with Gasteiger partial charge in [-0.25, -0.2) is 4.98 Å². The highest BCUT2D eigenvalue weighted by Crippen LogP contribution is 2.15. The van der Waals surface area contributed by atoms with Crippen LogP contribution >= 0.6 is 11.3 Å². The zero-order valence-electron chi connectivity index (χ0n) is 14.6. The number of thiazole rings is 1. The summed E-state index contributed by atoms with van der Waals surface area (Å²) in [6.07, 6.45) is 3.65. The van der Waals surface area contributed by atoms with Crippen molar-refractivity contribution in [1.82, 2.24) is 20.6 Å². The van der Waals surface area contributed by atoms with Gasteiger partial charge in [0.2, 0.25) is 0 Å². The first-order chi connectivity index (χ1) is 12.3. The minimum atomic E-state index is 0.811. The quantitative estimate of drug-likeness (QED) is 0.528. The van der Waals surface area contributed by atoms with Crippen molar-refractivity contribution >= 4 is 28.2 Å². The zero-order valence-corrected chi connectivity index (χ0v) is 15.4. The van der Waals surface area contributed by atoms with E-state index in [1.807, 2.05) is 19.2 Å². The van der Waals surface area contributed by atoms with E-state index >= 15 is 0 Å². The summed E-state index contributed by atoms with van der Waals surface area (Å²) in [6, 6.07) is 10.4. The molecule has 0 radical (unpaired) electrons. The van der Waals surface area contributed by atoms with Crippen LogP contribution in [-0.2, 0) is 12.8 Å². The normalized spacial score (nSPS) is 11.7. The van der Waals surface area contributed by atoms with Crippen LogP contribution in [0.3, 0.4) is 0 Å². The standard InChI is InChI=1S/C19H23N5S/c1-14-24-17(13-25-14)9-12-23-19(20-2)22-11-8-16-6-3-5-15-7-4-10-21-18(15)16/h3-7,10,13H,8-9,11-12H2,1-2H3,(H2,20,22,23). The second kappa shape index (κ2) is 8.58. The van der Waals surface area contributed by atoms with Gasteiger partial charge in [-0.05, 0) is 25.0 Å². The third-order valence-electron chi connectivity index (χ3n) is 3.97. The van der Waals surface area contributed by atoms with E-state index in [4.69, 9.17) is 0 Å². The number of aliphatic imine (C=N–C) groups is 1. The van der Waals surface area contributed by atoms with E-state index in [0.29, 0.717) is 0 Å². The number of hydrogen-bond acceptors (Lipinski definition) is 4. The molecule has 6 heteroatoms. The van der Waals surface area contributed by atoms with Crippen LogP contribution < -0.4 is 10.6 Å². The van der Waals surface area contributed by atoms with Gasteiger partial charge in [-0.15, -0.1) is 11.3 Å². The van der Waals surface area contributed by atoms with Crippen LogP contribution in [0.5, 0.6) is 0 Å². The summed E-state index contributed by atoms with van der Waals surface area (Å²) < 4.78 is 0. The number of pyridine rings is 1. The zero-order chi connectivity index (χ0) is 17.5. The maximum Gasteiger partial charge on any atom is 0.190 e. The van der Waals surface area contributed by atoms with Gasteiger partial charge in [0.1, 0.15) is 0 Å². The highest BCUT2D eigenvalue weighted by Gasteiger charge is 2.03. The first-order valence-electron chi connectivity index (χ1n) is 8.44. The topological polar surface area (TPSA) is 62.2 Å². The van der Waals surface area contributed by atoms with Crippen molar-refractivity contribution in [3.63, 3.8) is 0 Å². The van der Waals surface area contributed by atoms with E-state index in [0.717, 1.165) is 48.1 Å². The van der Waals surface area contributed by atoms with Gasteiger partial charge in [-0.1, -0.05) is 24.3 Å². The van der Waals surface area contributed by atoms with Crippen molar-refractivity contribution in [3.8, 4) is 0 Å². The van der Waals surface area contributed by atoms with Crippen molar-refractivity contribution in [3.05, 3.63) is 58.2 Å². The molecule has 0 fully saturated rings. The first-order valence-corrected chi connectivity index (χ1v) is 9.32. The molecule has 25 heavy (non-hydrogen) atoms. The molecule has 2 heterocycles. The summed E-state index contributed by atoms with van der Waals surface area (Å²) in [4.78, 5) is 13.3. The third-order valence-corrected chi connectivity index (χ3v) is 4.79. The summed E-state index contributed by atoms with van der Waals surface area (Å²) in [6.45, 7) is 3.66. The molecule has 0 aliphatic heterocycles. The molecule has 0 unspecified atom stereocenters. The summed E-state index contributed by atoms with van der Waals surface area (Å²) in [5.41, 5.74) is 3.46. The van der Waals surface area contributed by atoms with Crippen LogP contribution in [0.4, 0.5) is 0 Å². The maximum atomic E-state index is 4.50. The van der Waals surface area contributed by atoms with Crippen LogP contribution in [0.15, 0.2) is 46.9 Å². The Morgan fingerprint density at radius 3 is 2.68 bits per heavy atom. The number of aryl methyl sites for hydroxylation is 1. The summed E-state index contributed by atoms with van der Waals surface area (Å²) in [7, 11) is 1.79. The lowest BCUT2D eigenvalue weighted by Gasteiger charge is -2.12. The lowest BCUT2D eigenvalue weighted by atomic mass is 10.1. The number of nitrogens with one attached hydrogen (secondary N) is 2. The highest BCUT2D eigenvalue weighted by molar-refractivity contribution is 7.09. The van der Waals surface area contributed by atoms with Gasteiger partial charge < -0.3 is 10.6 Å². The Hall–Kier alpha value is -2.47. The van der Waals surface area contributed by atoms with Crippen LogP contribution in [0, 0.1) is 6.92 Å². The van der Waals surface area contributed by atoms with Gasteiger partial charge in [0.25, 0.3) is 0 Å². The molecule has 0 saturated carbocycles. The Labute approximate surface area is 152 Å². The smallest absolute Gasteiger partial charge is 0.190 e. The highest BCUT2D eigenvalue weighted by atomic mass is 32.1. The lowest BCUT2D eigenvalue weighted by Crippen LogP contribution is -2.39. The minimum absolute atomic E-state index is 0.811. The second-order valence-corrected chi connectivity index (χ2v) is 6.84. The van der Waals surface area contributed by atoms with Crippen molar-refractivity contribution in [2.45, 2.75) is 19.8 Å². The van der Waals surface area contributed by atoms with Crippen LogP contribution in [-0.4, -0.2) is 36.1 Å². The molecule has 0 spiro atoms. The Kier molecular flexibility index (Phi) is 5.95. The molecule has 3 aromatic rings. The van der Waals surface area contributed by atoms with Crippen molar-refractivity contribution in [2.75, 3.05) is 20.1 Å². The fourth-order valence-electron chi connectivity index (χ4n) is 2.74. The number of nitrogens with zero attached hydrogens (tertiary/aromatic N) is 3. The maximum absolute atomic E-state index is 4.50. The van der Waals surface area contributed by atoms with E-state index in [-0.39, 0.29) is 0 Å².